The van der Waals surface area contributed by atoms with Crippen molar-refractivity contribution in [1.29, 1.82) is 0 Å². The predicted molar refractivity (Wildman–Crippen MR) is 59.8 cm³/mol. The first-order valence-corrected chi connectivity index (χ1v) is 5.14. The molecule has 0 aromatic carbocycles. The number of nitrogens with one attached hydrogen (secondary N) is 1. The van der Waals surface area contributed by atoms with E-state index in [9.17, 15) is 14.4 Å². The van der Waals surface area contributed by atoms with Crippen LogP contribution in [0, 0.1) is 0 Å². The SMILES string of the molecule is C=CC(=O)OC(C)(C)N1C(=O)NC(C)(C)C1=O. The number of amides is 3. The van der Waals surface area contributed by atoms with Gasteiger partial charge in [-0.15, -0.1) is 0 Å². The Kier molecular flexibility index (Phi) is 3.01. The number of urea groups is 1. The van der Waals surface area contributed by atoms with Crippen molar-refractivity contribution in [2.24, 2.45) is 0 Å². The lowest BCUT2D eigenvalue weighted by Gasteiger charge is -2.32. The summed E-state index contributed by atoms with van der Waals surface area (Å²) in [4.78, 5) is 35.7. The van der Waals surface area contributed by atoms with Gasteiger partial charge in [0, 0.05) is 6.08 Å². The smallest absolute Gasteiger partial charge is 0.332 e. The van der Waals surface area contributed by atoms with Crippen molar-refractivity contribution in [3.8, 4) is 0 Å². The van der Waals surface area contributed by atoms with Crippen molar-refractivity contribution in [2.45, 2.75) is 39.0 Å². The molecule has 1 N–H and O–H groups in total. The van der Waals surface area contributed by atoms with E-state index in [1.807, 2.05) is 0 Å². The van der Waals surface area contributed by atoms with Crippen LogP contribution in [-0.4, -0.2) is 34.1 Å². The van der Waals surface area contributed by atoms with E-state index in [1.54, 1.807) is 13.8 Å². The Morgan fingerprint density at radius 1 is 1.47 bits per heavy atom. The number of rotatable bonds is 3. The Hall–Kier alpha value is -1.85. The molecule has 0 bridgehead atoms. The van der Waals surface area contributed by atoms with E-state index in [2.05, 4.69) is 11.9 Å². The number of carbonyl (C=O) groups excluding carboxylic acids is 3. The lowest BCUT2D eigenvalue weighted by Crippen LogP contribution is -2.51. The molecule has 6 heteroatoms. The van der Waals surface area contributed by atoms with Crippen molar-refractivity contribution in [2.75, 3.05) is 0 Å². The number of imide groups is 1. The standard InChI is InChI=1S/C11H16N2O4/c1-6-7(14)17-11(4,5)13-8(15)10(2,3)12-9(13)16/h6H,1H2,2-5H3,(H,12,16). The minimum absolute atomic E-state index is 0.440. The monoisotopic (exact) mass is 240 g/mol. The maximum atomic E-state index is 12.0. The van der Waals surface area contributed by atoms with Gasteiger partial charge in [0.25, 0.3) is 5.91 Å². The lowest BCUT2D eigenvalue weighted by molar-refractivity contribution is -0.169. The minimum Gasteiger partial charge on any atom is -0.436 e. The number of esters is 1. The number of carbonyl (C=O) groups is 3. The van der Waals surface area contributed by atoms with Crippen LogP contribution in [0.15, 0.2) is 12.7 Å². The molecule has 0 aliphatic carbocycles. The molecule has 0 aromatic heterocycles. The van der Waals surface area contributed by atoms with Gasteiger partial charge < -0.3 is 10.1 Å². The van der Waals surface area contributed by atoms with Crippen LogP contribution in [0.5, 0.6) is 0 Å². The number of ether oxygens (including phenoxy) is 1. The first-order valence-electron chi connectivity index (χ1n) is 5.14. The molecule has 0 atom stereocenters. The van der Waals surface area contributed by atoms with Crippen molar-refractivity contribution < 1.29 is 19.1 Å². The Morgan fingerprint density at radius 3 is 2.35 bits per heavy atom. The summed E-state index contributed by atoms with van der Waals surface area (Å²) in [6, 6.07) is -0.582. The lowest BCUT2D eigenvalue weighted by atomic mass is 10.1. The number of hydrogen-bond acceptors (Lipinski definition) is 4. The Balaban J connectivity index is 3.00. The van der Waals surface area contributed by atoms with E-state index in [0.717, 1.165) is 11.0 Å². The summed E-state index contributed by atoms with van der Waals surface area (Å²) in [5, 5.41) is 2.51. The fraction of sp³-hybridized carbons (Fsp3) is 0.545. The first kappa shape index (κ1) is 13.2. The molecule has 94 valence electrons. The fourth-order valence-electron chi connectivity index (χ4n) is 1.57. The van der Waals surface area contributed by atoms with Gasteiger partial charge in [0.2, 0.25) is 0 Å². The van der Waals surface area contributed by atoms with E-state index < -0.39 is 29.2 Å². The van der Waals surface area contributed by atoms with Gasteiger partial charge in [-0.2, -0.15) is 0 Å². The highest BCUT2D eigenvalue weighted by atomic mass is 16.6. The second-order valence-corrected chi connectivity index (χ2v) is 4.77. The average Bonchev–Trinajstić information content (AvgIpc) is 2.35. The number of hydrogen-bond donors (Lipinski definition) is 1. The average molecular weight is 240 g/mol. The van der Waals surface area contributed by atoms with Crippen LogP contribution in [0.2, 0.25) is 0 Å². The van der Waals surface area contributed by atoms with Crippen LogP contribution in [-0.2, 0) is 14.3 Å². The summed E-state index contributed by atoms with van der Waals surface area (Å²) in [6.45, 7) is 9.35. The maximum absolute atomic E-state index is 12.0. The summed E-state index contributed by atoms with van der Waals surface area (Å²) in [5.74, 6) is -1.13. The summed E-state index contributed by atoms with van der Waals surface area (Å²) >= 11 is 0. The van der Waals surface area contributed by atoms with Crippen LogP contribution in [0.1, 0.15) is 27.7 Å². The van der Waals surface area contributed by atoms with Gasteiger partial charge in [-0.25, -0.2) is 14.5 Å². The van der Waals surface area contributed by atoms with Gasteiger partial charge >= 0.3 is 12.0 Å². The molecule has 1 fully saturated rings. The molecule has 0 spiro atoms. The third-order valence-electron chi connectivity index (χ3n) is 2.42. The molecule has 0 aromatic rings. The van der Waals surface area contributed by atoms with E-state index in [-0.39, 0.29) is 0 Å². The second-order valence-electron chi connectivity index (χ2n) is 4.77. The highest BCUT2D eigenvalue weighted by Crippen LogP contribution is 2.26. The maximum Gasteiger partial charge on any atom is 0.332 e. The highest BCUT2D eigenvalue weighted by molar-refractivity contribution is 6.07. The normalized spacial score (nSPS) is 18.9. The van der Waals surface area contributed by atoms with Crippen LogP contribution >= 0.6 is 0 Å². The summed E-state index contributed by atoms with van der Waals surface area (Å²) in [6.07, 6.45) is 0.978. The Morgan fingerprint density at radius 2 is 2.00 bits per heavy atom. The van der Waals surface area contributed by atoms with Gasteiger partial charge in [-0.3, -0.25) is 4.79 Å². The van der Waals surface area contributed by atoms with Crippen molar-refractivity contribution >= 4 is 17.9 Å². The molecular formula is C11H16N2O4. The zero-order valence-corrected chi connectivity index (χ0v) is 10.4. The fourth-order valence-corrected chi connectivity index (χ4v) is 1.57. The summed E-state index contributed by atoms with van der Waals surface area (Å²) in [7, 11) is 0. The summed E-state index contributed by atoms with van der Waals surface area (Å²) < 4.78 is 4.99. The predicted octanol–water partition coefficient (Wildman–Crippen LogP) is 0.782. The minimum atomic E-state index is -1.35. The van der Waals surface area contributed by atoms with Crippen LogP contribution < -0.4 is 5.32 Å². The van der Waals surface area contributed by atoms with Crippen LogP contribution in [0.3, 0.4) is 0 Å². The zero-order chi connectivity index (χ0) is 13.4. The van der Waals surface area contributed by atoms with Gasteiger partial charge in [0.15, 0.2) is 5.72 Å². The second kappa shape index (κ2) is 3.87. The van der Waals surface area contributed by atoms with Gasteiger partial charge in [-0.1, -0.05) is 6.58 Å². The van der Waals surface area contributed by atoms with E-state index in [4.69, 9.17) is 4.74 Å². The molecule has 0 unspecified atom stereocenters. The van der Waals surface area contributed by atoms with Crippen LogP contribution in [0.4, 0.5) is 4.79 Å². The first-order chi connectivity index (χ1) is 7.62. The van der Waals surface area contributed by atoms with Gasteiger partial charge in [0.1, 0.15) is 5.54 Å². The van der Waals surface area contributed by atoms with Gasteiger partial charge in [0.05, 0.1) is 0 Å². The zero-order valence-electron chi connectivity index (χ0n) is 10.4. The highest BCUT2D eigenvalue weighted by Gasteiger charge is 2.51. The molecule has 17 heavy (non-hydrogen) atoms. The molecule has 1 aliphatic rings. The third kappa shape index (κ3) is 2.30. The van der Waals surface area contributed by atoms with Crippen molar-refractivity contribution in [1.82, 2.24) is 10.2 Å². The topological polar surface area (TPSA) is 75.7 Å². The largest absolute Gasteiger partial charge is 0.436 e. The van der Waals surface area contributed by atoms with E-state index >= 15 is 0 Å². The van der Waals surface area contributed by atoms with Crippen LogP contribution in [0.25, 0.3) is 0 Å². The molecule has 0 radical (unpaired) electrons. The van der Waals surface area contributed by atoms with Crippen molar-refractivity contribution in [3.05, 3.63) is 12.7 Å². The molecule has 1 saturated heterocycles. The molecule has 1 heterocycles. The molecule has 3 amide bonds. The number of nitrogens with zero attached hydrogens (tertiary/aromatic N) is 1. The Labute approximate surface area is 99.6 Å². The Bertz CT molecular complexity index is 398. The third-order valence-corrected chi connectivity index (χ3v) is 2.42. The molecule has 0 saturated carbocycles. The molecular weight excluding hydrogens is 224 g/mol. The van der Waals surface area contributed by atoms with E-state index in [0.29, 0.717) is 0 Å². The molecule has 1 aliphatic heterocycles. The molecule has 6 nitrogen and oxygen atoms in total. The van der Waals surface area contributed by atoms with Crippen molar-refractivity contribution in [3.63, 3.8) is 0 Å². The van der Waals surface area contributed by atoms with Gasteiger partial charge in [-0.05, 0) is 27.7 Å². The summed E-state index contributed by atoms with van der Waals surface area (Å²) in [5.41, 5.74) is -2.34. The molecule has 1 rings (SSSR count). The quantitative estimate of drug-likeness (QED) is 0.449. The van der Waals surface area contributed by atoms with E-state index in [1.165, 1.54) is 13.8 Å².